The zero-order valence-electron chi connectivity index (χ0n) is 11.2. The van der Waals surface area contributed by atoms with Gasteiger partial charge in [-0.05, 0) is 37.6 Å². The molecule has 0 aliphatic heterocycles. The van der Waals surface area contributed by atoms with E-state index in [0.29, 0.717) is 22.3 Å². The number of aromatic amines is 1. The molecule has 3 aromatic rings. The van der Waals surface area contributed by atoms with Gasteiger partial charge in [-0.1, -0.05) is 12.1 Å². The number of benzene rings is 1. The van der Waals surface area contributed by atoms with Crippen molar-refractivity contribution in [2.45, 2.75) is 13.8 Å². The Morgan fingerprint density at radius 3 is 2.70 bits per heavy atom. The van der Waals surface area contributed by atoms with Gasteiger partial charge in [-0.3, -0.25) is 4.79 Å². The van der Waals surface area contributed by atoms with Crippen LogP contribution in [0.1, 0.15) is 11.3 Å². The van der Waals surface area contributed by atoms with Crippen LogP contribution in [-0.4, -0.2) is 9.97 Å². The fourth-order valence-electron chi connectivity index (χ4n) is 2.42. The molecule has 0 unspecified atom stereocenters. The lowest BCUT2D eigenvalue weighted by molar-refractivity contribution is 0.628. The van der Waals surface area contributed by atoms with Crippen molar-refractivity contribution >= 4 is 11.0 Å². The summed E-state index contributed by atoms with van der Waals surface area (Å²) in [6, 6.07) is 9.49. The summed E-state index contributed by atoms with van der Waals surface area (Å²) in [6.45, 7) is 3.76. The molecule has 0 radical (unpaired) electrons. The van der Waals surface area contributed by atoms with Gasteiger partial charge >= 0.3 is 0 Å². The molecule has 20 heavy (non-hydrogen) atoms. The maximum Gasteiger partial charge on any atom is 0.191 e. The first kappa shape index (κ1) is 12.5. The summed E-state index contributed by atoms with van der Waals surface area (Å²) in [5.74, 6) is -0.336. The molecule has 0 bridgehead atoms. The smallest absolute Gasteiger partial charge is 0.191 e. The minimum absolute atomic E-state index is 0.108. The first-order valence-corrected chi connectivity index (χ1v) is 6.32. The topological polar surface area (TPSA) is 45.8 Å². The molecule has 0 aliphatic carbocycles. The zero-order valence-corrected chi connectivity index (χ0v) is 11.2. The van der Waals surface area contributed by atoms with Gasteiger partial charge in [0.1, 0.15) is 11.5 Å². The Morgan fingerprint density at radius 1 is 1.15 bits per heavy atom. The Labute approximate surface area is 115 Å². The van der Waals surface area contributed by atoms with Crippen molar-refractivity contribution in [1.29, 1.82) is 0 Å². The van der Waals surface area contributed by atoms with Crippen molar-refractivity contribution in [3.63, 3.8) is 0 Å². The largest absolute Gasteiger partial charge is 0.339 e. The van der Waals surface area contributed by atoms with Crippen LogP contribution in [0.2, 0.25) is 0 Å². The number of nitrogens with zero attached hydrogens (tertiary/aromatic N) is 1. The van der Waals surface area contributed by atoms with Crippen LogP contribution in [0.3, 0.4) is 0 Å². The van der Waals surface area contributed by atoms with E-state index in [1.165, 1.54) is 18.2 Å². The summed E-state index contributed by atoms with van der Waals surface area (Å²) in [5, 5.41) is 0.579. The number of aryl methyl sites for hydroxylation is 2. The van der Waals surface area contributed by atoms with E-state index >= 15 is 0 Å². The molecule has 0 spiro atoms. The average molecular weight is 268 g/mol. The van der Waals surface area contributed by atoms with E-state index in [-0.39, 0.29) is 11.2 Å². The molecule has 3 rings (SSSR count). The van der Waals surface area contributed by atoms with Crippen molar-refractivity contribution < 1.29 is 4.39 Å². The summed E-state index contributed by atoms with van der Waals surface area (Å²) in [5.41, 5.74) is 3.35. The van der Waals surface area contributed by atoms with Crippen molar-refractivity contribution in [3.05, 3.63) is 63.7 Å². The molecule has 1 N–H and O–H groups in total. The number of pyridine rings is 2. The van der Waals surface area contributed by atoms with Crippen molar-refractivity contribution in [3.8, 4) is 11.3 Å². The summed E-state index contributed by atoms with van der Waals surface area (Å²) in [6.07, 6.45) is 0. The van der Waals surface area contributed by atoms with Crippen LogP contribution in [0.25, 0.3) is 22.3 Å². The van der Waals surface area contributed by atoms with Crippen LogP contribution >= 0.6 is 0 Å². The van der Waals surface area contributed by atoms with Crippen LogP contribution in [0.5, 0.6) is 0 Å². The highest BCUT2D eigenvalue weighted by Crippen LogP contribution is 2.20. The highest BCUT2D eigenvalue weighted by Gasteiger charge is 2.08. The van der Waals surface area contributed by atoms with Gasteiger partial charge < -0.3 is 4.98 Å². The second kappa shape index (κ2) is 4.56. The summed E-state index contributed by atoms with van der Waals surface area (Å²) in [4.78, 5) is 19.7. The number of hydrogen-bond acceptors (Lipinski definition) is 2. The lowest BCUT2D eigenvalue weighted by atomic mass is 10.1. The van der Waals surface area contributed by atoms with Crippen molar-refractivity contribution in [2.75, 3.05) is 0 Å². The molecule has 4 heteroatoms. The molecule has 1 aromatic carbocycles. The minimum Gasteiger partial charge on any atom is -0.339 e. The van der Waals surface area contributed by atoms with Crippen LogP contribution in [-0.2, 0) is 0 Å². The number of hydrogen-bond donors (Lipinski definition) is 1. The Hall–Kier alpha value is -2.49. The molecule has 0 atom stereocenters. The van der Waals surface area contributed by atoms with E-state index < -0.39 is 0 Å². The summed E-state index contributed by atoms with van der Waals surface area (Å²) < 4.78 is 13.3. The lowest BCUT2D eigenvalue weighted by Gasteiger charge is -2.07. The Balaban J connectivity index is 2.32. The number of halogens is 1. The fourth-order valence-corrected chi connectivity index (χ4v) is 2.42. The lowest BCUT2D eigenvalue weighted by Crippen LogP contribution is -2.06. The Bertz CT molecular complexity index is 868. The quantitative estimate of drug-likeness (QED) is 0.735. The third-order valence-corrected chi connectivity index (χ3v) is 3.26. The highest BCUT2D eigenvalue weighted by molar-refractivity contribution is 5.81. The van der Waals surface area contributed by atoms with Gasteiger partial charge in [0.25, 0.3) is 0 Å². The Kier molecular flexibility index (Phi) is 2.86. The van der Waals surface area contributed by atoms with Crippen LogP contribution < -0.4 is 5.43 Å². The van der Waals surface area contributed by atoms with Crippen molar-refractivity contribution in [2.24, 2.45) is 0 Å². The van der Waals surface area contributed by atoms with Gasteiger partial charge in [-0.25, -0.2) is 9.37 Å². The van der Waals surface area contributed by atoms with E-state index in [1.54, 1.807) is 12.1 Å². The van der Waals surface area contributed by atoms with Gasteiger partial charge in [0.15, 0.2) is 5.43 Å². The number of nitrogens with one attached hydrogen (secondary N) is 1. The monoisotopic (exact) mass is 268 g/mol. The summed E-state index contributed by atoms with van der Waals surface area (Å²) >= 11 is 0. The predicted molar refractivity (Wildman–Crippen MR) is 77.2 cm³/mol. The van der Waals surface area contributed by atoms with Gasteiger partial charge in [-0.15, -0.1) is 0 Å². The van der Waals surface area contributed by atoms with Crippen molar-refractivity contribution in [1.82, 2.24) is 9.97 Å². The fraction of sp³-hybridized carbons (Fsp3) is 0.125. The third-order valence-electron chi connectivity index (χ3n) is 3.26. The third kappa shape index (κ3) is 2.09. The molecular weight excluding hydrogens is 255 g/mol. The molecule has 0 amide bonds. The number of aromatic nitrogens is 2. The van der Waals surface area contributed by atoms with E-state index in [0.717, 1.165) is 11.3 Å². The molecular formula is C16H13FN2O. The number of H-pyrrole nitrogens is 1. The van der Waals surface area contributed by atoms with E-state index in [4.69, 9.17) is 0 Å². The first-order chi connectivity index (χ1) is 9.54. The SMILES string of the molecule is Cc1cc(C)c2c(=O)cc(-c3cccc(F)c3)[nH]c2n1. The second-order valence-corrected chi connectivity index (χ2v) is 4.86. The molecule has 0 saturated heterocycles. The van der Waals surface area contributed by atoms with Crippen LogP contribution in [0, 0.1) is 19.7 Å². The molecule has 0 aliphatic rings. The van der Waals surface area contributed by atoms with Gasteiger partial charge in [0.2, 0.25) is 0 Å². The minimum atomic E-state index is -0.336. The first-order valence-electron chi connectivity index (χ1n) is 6.32. The van der Waals surface area contributed by atoms with Gasteiger partial charge in [0.05, 0.1) is 11.1 Å². The van der Waals surface area contributed by atoms with Gasteiger partial charge in [0, 0.05) is 17.3 Å². The summed E-state index contributed by atoms with van der Waals surface area (Å²) in [7, 11) is 0. The number of rotatable bonds is 1. The standard InChI is InChI=1S/C16H13FN2O/c1-9-6-10(2)18-16-15(9)14(20)8-13(19-16)11-4-3-5-12(17)7-11/h3-8H,1-2H3,(H,18,19,20). The normalized spacial score (nSPS) is 10.9. The Morgan fingerprint density at radius 2 is 1.95 bits per heavy atom. The van der Waals surface area contributed by atoms with Crippen LogP contribution in [0.15, 0.2) is 41.2 Å². The molecule has 0 fully saturated rings. The number of fused-ring (bicyclic) bond motifs is 1. The average Bonchev–Trinajstić information content (AvgIpc) is 2.37. The van der Waals surface area contributed by atoms with E-state index in [2.05, 4.69) is 9.97 Å². The molecule has 0 saturated carbocycles. The van der Waals surface area contributed by atoms with Crippen LogP contribution in [0.4, 0.5) is 4.39 Å². The maximum absolute atomic E-state index is 13.3. The molecule has 3 nitrogen and oxygen atoms in total. The highest BCUT2D eigenvalue weighted by atomic mass is 19.1. The molecule has 2 aromatic heterocycles. The predicted octanol–water partition coefficient (Wildman–Crippen LogP) is 3.35. The maximum atomic E-state index is 13.3. The van der Waals surface area contributed by atoms with E-state index in [9.17, 15) is 9.18 Å². The second-order valence-electron chi connectivity index (χ2n) is 4.86. The zero-order chi connectivity index (χ0) is 14.3. The molecule has 2 heterocycles. The van der Waals surface area contributed by atoms with Gasteiger partial charge in [-0.2, -0.15) is 0 Å². The van der Waals surface area contributed by atoms with E-state index in [1.807, 2.05) is 19.9 Å². The molecule has 100 valence electrons.